The van der Waals surface area contributed by atoms with Gasteiger partial charge in [-0.1, -0.05) is 39.1 Å². The number of nitrogens with zero attached hydrogens (tertiary/aromatic N) is 3. The van der Waals surface area contributed by atoms with Crippen LogP contribution in [0.25, 0.3) is 0 Å². The Morgan fingerprint density at radius 2 is 1.96 bits per heavy atom. The van der Waals surface area contributed by atoms with E-state index in [2.05, 4.69) is 31.2 Å². The Bertz CT molecular complexity index is 750. The SMILES string of the molecule is O=C(Nc1ccc(Br)cc1Cl)c1nc(N2CCCC2)ncc1Cl. The van der Waals surface area contributed by atoms with Gasteiger partial charge < -0.3 is 10.2 Å². The minimum Gasteiger partial charge on any atom is -0.341 e. The van der Waals surface area contributed by atoms with Crippen molar-refractivity contribution in [2.75, 3.05) is 23.3 Å². The first kappa shape index (κ1) is 16.5. The van der Waals surface area contributed by atoms with E-state index in [4.69, 9.17) is 23.2 Å². The highest BCUT2D eigenvalue weighted by Gasteiger charge is 2.20. The first-order chi connectivity index (χ1) is 11.0. The normalized spacial score (nSPS) is 14.1. The summed E-state index contributed by atoms with van der Waals surface area (Å²) < 4.78 is 0.830. The molecule has 0 saturated carbocycles. The Kier molecular flexibility index (Phi) is 5.04. The Balaban J connectivity index is 1.85. The van der Waals surface area contributed by atoms with Crippen LogP contribution in [0, 0.1) is 0 Å². The van der Waals surface area contributed by atoms with Crippen LogP contribution < -0.4 is 10.2 Å². The predicted octanol–water partition coefficient (Wildman–Crippen LogP) is 4.40. The van der Waals surface area contributed by atoms with E-state index in [9.17, 15) is 4.79 Å². The summed E-state index contributed by atoms with van der Waals surface area (Å²) in [5.41, 5.74) is 0.639. The van der Waals surface area contributed by atoms with Crippen LogP contribution in [-0.4, -0.2) is 29.0 Å². The lowest BCUT2D eigenvalue weighted by Crippen LogP contribution is -2.23. The van der Waals surface area contributed by atoms with Crippen molar-refractivity contribution in [2.24, 2.45) is 0 Å². The number of hydrogen-bond donors (Lipinski definition) is 1. The molecule has 1 amide bonds. The number of anilines is 2. The number of aromatic nitrogens is 2. The Morgan fingerprint density at radius 3 is 2.65 bits per heavy atom. The summed E-state index contributed by atoms with van der Waals surface area (Å²) in [5.74, 6) is 0.112. The van der Waals surface area contributed by atoms with Gasteiger partial charge in [-0.05, 0) is 31.0 Å². The number of carbonyl (C=O) groups excluding carboxylic acids is 1. The fraction of sp³-hybridized carbons (Fsp3) is 0.267. The van der Waals surface area contributed by atoms with Crippen molar-refractivity contribution >= 4 is 56.7 Å². The third-order valence-corrected chi connectivity index (χ3v) is 4.60. The van der Waals surface area contributed by atoms with Crippen LogP contribution in [-0.2, 0) is 0 Å². The van der Waals surface area contributed by atoms with Crippen LogP contribution in [0.5, 0.6) is 0 Å². The molecule has 1 N–H and O–H groups in total. The van der Waals surface area contributed by atoms with Gasteiger partial charge in [-0.2, -0.15) is 0 Å². The molecule has 1 fully saturated rings. The lowest BCUT2D eigenvalue weighted by atomic mass is 10.3. The van der Waals surface area contributed by atoms with Crippen molar-refractivity contribution in [3.05, 3.63) is 44.6 Å². The molecule has 8 heteroatoms. The first-order valence-corrected chi connectivity index (χ1v) is 8.63. The minimum atomic E-state index is -0.415. The number of carbonyl (C=O) groups is 1. The second kappa shape index (κ2) is 7.03. The number of hydrogen-bond acceptors (Lipinski definition) is 4. The second-order valence-corrected chi connectivity index (χ2v) is 6.87. The minimum absolute atomic E-state index is 0.141. The highest BCUT2D eigenvalue weighted by atomic mass is 79.9. The number of nitrogens with one attached hydrogen (secondary N) is 1. The molecule has 120 valence electrons. The molecule has 0 bridgehead atoms. The van der Waals surface area contributed by atoms with E-state index in [1.807, 2.05) is 4.90 Å². The van der Waals surface area contributed by atoms with Crippen LogP contribution in [0.1, 0.15) is 23.3 Å². The molecular weight excluding hydrogens is 403 g/mol. The van der Waals surface area contributed by atoms with E-state index in [1.165, 1.54) is 6.20 Å². The summed E-state index contributed by atoms with van der Waals surface area (Å²) in [6.07, 6.45) is 3.66. The van der Waals surface area contributed by atoms with E-state index in [-0.39, 0.29) is 10.7 Å². The summed E-state index contributed by atoms with van der Waals surface area (Å²) in [4.78, 5) is 23.0. The quantitative estimate of drug-likeness (QED) is 0.807. The molecule has 1 saturated heterocycles. The average molecular weight is 416 g/mol. The third-order valence-electron chi connectivity index (χ3n) is 3.51. The van der Waals surface area contributed by atoms with Gasteiger partial charge in [-0.3, -0.25) is 4.79 Å². The molecule has 2 aromatic rings. The van der Waals surface area contributed by atoms with Crippen molar-refractivity contribution in [1.82, 2.24) is 9.97 Å². The van der Waals surface area contributed by atoms with Gasteiger partial charge >= 0.3 is 0 Å². The van der Waals surface area contributed by atoms with E-state index in [0.717, 1.165) is 30.4 Å². The smallest absolute Gasteiger partial charge is 0.276 e. The van der Waals surface area contributed by atoms with Crippen LogP contribution >= 0.6 is 39.1 Å². The van der Waals surface area contributed by atoms with Gasteiger partial charge in [0, 0.05) is 17.6 Å². The number of halogens is 3. The van der Waals surface area contributed by atoms with Crippen molar-refractivity contribution in [3.63, 3.8) is 0 Å². The average Bonchev–Trinajstić information content (AvgIpc) is 3.05. The highest BCUT2D eigenvalue weighted by molar-refractivity contribution is 9.10. The molecule has 0 atom stereocenters. The molecule has 0 aliphatic carbocycles. The zero-order valence-corrected chi connectivity index (χ0v) is 15.1. The lowest BCUT2D eigenvalue weighted by Gasteiger charge is -2.16. The molecule has 2 heterocycles. The molecule has 1 aromatic heterocycles. The van der Waals surface area contributed by atoms with Gasteiger partial charge in [-0.15, -0.1) is 0 Å². The topological polar surface area (TPSA) is 58.1 Å². The van der Waals surface area contributed by atoms with E-state index in [1.54, 1.807) is 18.2 Å². The first-order valence-electron chi connectivity index (χ1n) is 7.08. The maximum atomic E-state index is 12.5. The molecule has 5 nitrogen and oxygen atoms in total. The molecule has 3 rings (SSSR count). The van der Waals surface area contributed by atoms with Crippen LogP contribution in [0.2, 0.25) is 10.0 Å². The second-order valence-electron chi connectivity index (χ2n) is 5.14. The Labute approximate surface area is 152 Å². The van der Waals surface area contributed by atoms with Gasteiger partial charge in [0.05, 0.1) is 21.9 Å². The van der Waals surface area contributed by atoms with Gasteiger partial charge in [-0.25, -0.2) is 9.97 Å². The molecule has 1 aromatic carbocycles. The number of rotatable bonds is 3. The van der Waals surface area contributed by atoms with E-state index >= 15 is 0 Å². The summed E-state index contributed by atoms with van der Waals surface area (Å²) in [6.45, 7) is 1.78. The van der Waals surface area contributed by atoms with E-state index < -0.39 is 5.91 Å². The zero-order valence-electron chi connectivity index (χ0n) is 12.0. The van der Waals surface area contributed by atoms with Crippen LogP contribution in [0.3, 0.4) is 0 Å². The van der Waals surface area contributed by atoms with Crippen molar-refractivity contribution in [3.8, 4) is 0 Å². The molecule has 23 heavy (non-hydrogen) atoms. The predicted molar refractivity (Wildman–Crippen MR) is 95.6 cm³/mol. The van der Waals surface area contributed by atoms with Crippen LogP contribution in [0.4, 0.5) is 11.6 Å². The zero-order chi connectivity index (χ0) is 16.4. The molecule has 0 spiro atoms. The Hall–Kier alpha value is -1.37. The van der Waals surface area contributed by atoms with E-state index in [0.29, 0.717) is 16.7 Å². The largest absolute Gasteiger partial charge is 0.341 e. The maximum absolute atomic E-state index is 12.5. The highest BCUT2D eigenvalue weighted by Crippen LogP contribution is 2.27. The van der Waals surface area contributed by atoms with Crippen molar-refractivity contribution < 1.29 is 4.79 Å². The monoisotopic (exact) mass is 414 g/mol. The number of amides is 1. The fourth-order valence-corrected chi connectivity index (χ4v) is 3.26. The van der Waals surface area contributed by atoms with Crippen LogP contribution in [0.15, 0.2) is 28.9 Å². The Morgan fingerprint density at radius 1 is 1.22 bits per heavy atom. The van der Waals surface area contributed by atoms with Gasteiger partial charge in [0.15, 0.2) is 5.69 Å². The van der Waals surface area contributed by atoms with Gasteiger partial charge in [0.1, 0.15) is 0 Å². The summed E-state index contributed by atoms with van der Waals surface area (Å²) in [5, 5.41) is 3.36. The molecule has 1 aliphatic heterocycles. The summed E-state index contributed by atoms with van der Waals surface area (Å²) >= 11 is 15.5. The van der Waals surface area contributed by atoms with Gasteiger partial charge in [0.2, 0.25) is 5.95 Å². The van der Waals surface area contributed by atoms with Crippen molar-refractivity contribution in [2.45, 2.75) is 12.8 Å². The summed E-state index contributed by atoms with van der Waals surface area (Å²) in [7, 11) is 0. The molecule has 0 radical (unpaired) electrons. The fourth-order valence-electron chi connectivity index (χ4n) is 2.36. The molecule has 1 aliphatic rings. The van der Waals surface area contributed by atoms with Crippen molar-refractivity contribution in [1.29, 1.82) is 0 Å². The number of benzene rings is 1. The summed E-state index contributed by atoms with van der Waals surface area (Å²) in [6, 6.07) is 5.20. The maximum Gasteiger partial charge on any atom is 0.276 e. The third kappa shape index (κ3) is 3.76. The molecule has 0 unspecified atom stereocenters. The van der Waals surface area contributed by atoms with Gasteiger partial charge in [0.25, 0.3) is 5.91 Å². The molecular formula is C15H13BrCl2N4O. The lowest BCUT2D eigenvalue weighted by molar-refractivity contribution is 0.102. The standard InChI is InChI=1S/C15H13BrCl2N4O/c16-9-3-4-12(10(17)7-9)20-14(23)13-11(18)8-19-15(21-13)22-5-1-2-6-22/h3-4,7-8H,1-2,5-6H2,(H,20,23).